The molecular formula is C15H22N2. The van der Waals surface area contributed by atoms with Gasteiger partial charge in [0.15, 0.2) is 0 Å². The second kappa shape index (κ2) is 5.67. The molecule has 0 unspecified atom stereocenters. The number of hydrogen-bond donors (Lipinski definition) is 1. The molecule has 1 aromatic carbocycles. The lowest BCUT2D eigenvalue weighted by molar-refractivity contribution is 0.474. The minimum Gasteiger partial charge on any atom is -0.391 e. The van der Waals surface area contributed by atoms with Gasteiger partial charge < -0.3 is 5.32 Å². The standard InChI is InChI=1S/C15H22N2/c1-12-8-6-7-9-13(12)17-11-10-14(16-5)15(2,3)4/h6-11,16H,1-5H3/b14-10-,17-11?. The highest BCUT2D eigenvalue weighted by Gasteiger charge is 2.14. The quantitative estimate of drug-likeness (QED) is 0.784. The highest BCUT2D eigenvalue weighted by atomic mass is 14.9. The summed E-state index contributed by atoms with van der Waals surface area (Å²) in [5, 5.41) is 3.21. The van der Waals surface area contributed by atoms with Crippen molar-refractivity contribution >= 4 is 11.9 Å². The van der Waals surface area contributed by atoms with Gasteiger partial charge in [-0.1, -0.05) is 39.0 Å². The van der Waals surface area contributed by atoms with Crippen molar-refractivity contribution in [1.82, 2.24) is 5.32 Å². The zero-order valence-electron chi connectivity index (χ0n) is 11.4. The molecule has 0 amide bonds. The van der Waals surface area contributed by atoms with Crippen molar-refractivity contribution in [2.75, 3.05) is 7.05 Å². The van der Waals surface area contributed by atoms with E-state index in [1.165, 1.54) is 11.3 Å². The lowest BCUT2D eigenvalue weighted by Crippen LogP contribution is -2.21. The molecule has 1 rings (SSSR count). The van der Waals surface area contributed by atoms with Crippen LogP contribution in [0.1, 0.15) is 26.3 Å². The molecule has 1 N–H and O–H groups in total. The summed E-state index contributed by atoms with van der Waals surface area (Å²) in [6, 6.07) is 8.12. The van der Waals surface area contributed by atoms with Crippen molar-refractivity contribution in [3.05, 3.63) is 41.6 Å². The molecule has 0 aliphatic rings. The van der Waals surface area contributed by atoms with Gasteiger partial charge in [-0.15, -0.1) is 0 Å². The van der Waals surface area contributed by atoms with Gasteiger partial charge in [-0.05, 0) is 24.6 Å². The molecule has 0 atom stereocenters. The molecule has 0 spiro atoms. The van der Waals surface area contributed by atoms with Gasteiger partial charge in [0.25, 0.3) is 0 Å². The molecule has 0 saturated heterocycles. The van der Waals surface area contributed by atoms with Crippen LogP contribution in [0.5, 0.6) is 0 Å². The average molecular weight is 230 g/mol. The largest absolute Gasteiger partial charge is 0.391 e. The van der Waals surface area contributed by atoms with Gasteiger partial charge in [0.05, 0.1) is 5.69 Å². The molecular weight excluding hydrogens is 208 g/mol. The molecule has 0 bridgehead atoms. The Bertz CT molecular complexity index is 423. The molecule has 17 heavy (non-hydrogen) atoms. The van der Waals surface area contributed by atoms with E-state index in [-0.39, 0.29) is 5.41 Å². The van der Waals surface area contributed by atoms with E-state index in [2.05, 4.69) is 44.1 Å². The molecule has 0 fully saturated rings. The van der Waals surface area contributed by atoms with Crippen LogP contribution in [0.25, 0.3) is 0 Å². The van der Waals surface area contributed by atoms with Crippen LogP contribution in [0.15, 0.2) is 41.0 Å². The first-order chi connectivity index (χ1) is 7.95. The number of aliphatic imine (C=N–C) groups is 1. The Balaban J connectivity index is 2.86. The van der Waals surface area contributed by atoms with Crippen LogP contribution in [-0.4, -0.2) is 13.3 Å². The predicted molar refractivity (Wildman–Crippen MR) is 75.9 cm³/mol. The summed E-state index contributed by atoms with van der Waals surface area (Å²) in [4.78, 5) is 4.47. The molecule has 2 heteroatoms. The first-order valence-corrected chi connectivity index (χ1v) is 5.93. The van der Waals surface area contributed by atoms with Gasteiger partial charge in [0.1, 0.15) is 0 Å². The lowest BCUT2D eigenvalue weighted by atomic mass is 9.92. The number of hydrogen-bond acceptors (Lipinski definition) is 2. The molecule has 0 aliphatic heterocycles. The Kier molecular flexibility index (Phi) is 4.50. The maximum absolute atomic E-state index is 4.47. The van der Waals surface area contributed by atoms with Gasteiger partial charge >= 0.3 is 0 Å². The number of allylic oxidation sites excluding steroid dienone is 2. The first-order valence-electron chi connectivity index (χ1n) is 5.93. The van der Waals surface area contributed by atoms with E-state index in [0.29, 0.717) is 0 Å². The van der Waals surface area contributed by atoms with Crippen LogP contribution < -0.4 is 5.32 Å². The van der Waals surface area contributed by atoms with E-state index < -0.39 is 0 Å². The molecule has 2 nitrogen and oxygen atoms in total. The smallest absolute Gasteiger partial charge is 0.0658 e. The van der Waals surface area contributed by atoms with E-state index >= 15 is 0 Å². The third kappa shape index (κ3) is 4.06. The maximum Gasteiger partial charge on any atom is 0.0658 e. The number of nitrogens with one attached hydrogen (secondary N) is 1. The van der Waals surface area contributed by atoms with E-state index in [1.807, 2.05) is 37.5 Å². The van der Waals surface area contributed by atoms with Gasteiger partial charge in [-0.2, -0.15) is 0 Å². The van der Waals surface area contributed by atoms with Crippen molar-refractivity contribution in [1.29, 1.82) is 0 Å². The van der Waals surface area contributed by atoms with Gasteiger partial charge in [0, 0.05) is 24.4 Å². The molecule has 0 radical (unpaired) electrons. The number of nitrogens with zero attached hydrogens (tertiary/aromatic N) is 1. The van der Waals surface area contributed by atoms with Gasteiger partial charge in [-0.3, -0.25) is 4.99 Å². The average Bonchev–Trinajstić information content (AvgIpc) is 2.25. The SMILES string of the molecule is CN/C(=C\C=Nc1ccccc1C)C(C)(C)C. The lowest BCUT2D eigenvalue weighted by Gasteiger charge is -2.22. The second-order valence-corrected chi connectivity index (χ2v) is 5.14. The van der Waals surface area contributed by atoms with E-state index in [9.17, 15) is 0 Å². The normalized spacial score (nSPS) is 13.1. The Hall–Kier alpha value is -1.57. The summed E-state index contributed by atoms with van der Waals surface area (Å²) in [5.41, 5.74) is 3.51. The first kappa shape index (κ1) is 13.5. The van der Waals surface area contributed by atoms with Crippen molar-refractivity contribution in [2.24, 2.45) is 10.4 Å². The van der Waals surface area contributed by atoms with Crippen molar-refractivity contribution in [3.63, 3.8) is 0 Å². The summed E-state index contributed by atoms with van der Waals surface area (Å²) in [6.07, 6.45) is 3.89. The third-order valence-electron chi connectivity index (χ3n) is 2.65. The topological polar surface area (TPSA) is 24.4 Å². The van der Waals surface area contributed by atoms with Gasteiger partial charge in [0.2, 0.25) is 0 Å². The second-order valence-electron chi connectivity index (χ2n) is 5.14. The summed E-state index contributed by atoms with van der Waals surface area (Å²) >= 11 is 0. The molecule has 0 heterocycles. The number of benzene rings is 1. The fourth-order valence-corrected chi connectivity index (χ4v) is 1.61. The maximum atomic E-state index is 4.47. The Morgan fingerprint density at radius 2 is 1.88 bits per heavy atom. The Morgan fingerprint density at radius 3 is 2.41 bits per heavy atom. The summed E-state index contributed by atoms with van der Waals surface area (Å²) in [5.74, 6) is 0. The minimum atomic E-state index is 0.118. The van der Waals surface area contributed by atoms with Gasteiger partial charge in [-0.25, -0.2) is 0 Å². The fraction of sp³-hybridized carbons (Fsp3) is 0.400. The minimum absolute atomic E-state index is 0.118. The fourth-order valence-electron chi connectivity index (χ4n) is 1.61. The van der Waals surface area contributed by atoms with E-state index in [1.54, 1.807) is 0 Å². The van der Waals surface area contributed by atoms with Crippen molar-refractivity contribution < 1.29 is 0 Å². The molecule has 0 aromatic heterocycles. The number of rotatable bonds is 3. The highest BCUT2D eigenvalue weighted by molar-refractivity contribution is 5.76. The number of para-hydroxylation sites is 1. The Labute approximate surface area is 104 Å². The predicted octanol–water partition coefficient (Wildman–Crippen LogP) is 3.85. The number of aryl methyl sites for hydroxylation is 1. The van der Waals surface area contributed by atoms with Crippen LogP contribution in [0.3, 0.4) is 0 Å². The van der Waals surface area contributed by atoms with Crippen molar-refractivity contribution in [3.8, 4) is 0 Å². The zero-order chi connectivity index (χ0) is 12.9. The van der Waals surface area contributed by atoms with Crippen LogP contribution in [0.2, 0.25) is 0 Å². The monoisotopic (exact) mass is 230 g/mol. The summed E-state index contributed by atoms with van der Waals surface area (Å²) < 4.78 is 0. The summed E-state index contributed by atoms with van der Waals surface area (Å²) in [6.45, 7) is 8.60. The van der Waals surface area contributed by atoms with Crippen LogP contribution in [-0.2, 0) is 0 Å². The zero-order valence-corrected chi connectivity index (χ0v) is 11.4. The Morgan fingerprint density at radius 1 is 1.24 bits per heavy atom. The third-order valence-corrected chi connectivity index (χ3v) is 2.65. The van der Waals surface area contributed by atoms with E-state index in [0.717, 1.165) is 5.69 Å². The molecule has 92 valence electrons. The van der Waals surface area contributed by atoms with E-state index in [4.69, 9.17) is 0 Å². The molecule has 1 aromatic rings. The van der Waals surface area contributed by atoms with Crippen LogP contribution >= 0.6 is 0 Å². The highest BCUT2D eigenvalue weighted by Crippen LogP contribution is 2.22. The molecule has 0 saturated carbocycles. The van der Waals surface area contributed by atoms with Crippen LogP contribution in [0.4, 0.5) is 5.69 Å². The molecule has 0 aliphatic carbocycles. The van der Waals surface area contributed by atoms with Crippen LogP contribution in [0, 0.1) is 12.3 Å². The van der Waals surface area contributed by atoms with Crippen molar-refractivity contribution in [2.45, 2.75) is 27.7 Å². The summed E-state index contributed by atoms with van der Waals surface area (Å²) in [7, 11) is 1.94.